The Labute approximate surface area is 95.6 Å². The average molecular weight is 222 g/mol. The predicted molar refractivity (Wildman–Crippen MR) is 60.0 cm³/mol. The molecule has 1 fully saturated rings. The molecule has 0 spiro atoms. The molecule has 88 valence electrons. The van der Waals surface area contributed by atoms with Crippen molar-refractivity contribution in [2.24, 2.45) is 5.92 Å². The normalized spacial score (nSPS) is 25.0. The molecule has 4 nitrogen and oxygen atoms in total. The highest BCUT2D eigenvalue weighted by atomic mass is 16.3. The monoisotopic (exact) mass is 222 g/mol. The van der Waals surface area contributed by atoms with Crippen molar-refractivity contribution >= 4 is 5.91 Å². The quantitative estimate of drug-likeness (QED) is 0.788. The van der Waals surface area contributed by atoms with Crippen LogP contribution in [-0.4, -0.2) is 28.4 Å². The molecular formula is C12H18N2O2. The smallest absolute Gasteiger partial charge is 0.276 e. The Balaban J connectivity index is 2.04. The average Bonchev–Trinajstić information content (AvgIpc) is 2.89. The van der Waals surface area contributed by atoms with E-state index >= 15 is 0 Å². The number of likely N-dealkylation sites (tertiary alicyclic amines) is 1. The molecule has 1 aromatic rings. The summed E-state index contributed by atoms with van der Waals surface area (Å²) in [5, 5.41) is 0. The zero-order valence-corrected chi connectivity index (χ0v) is 9.85. The van der Waals surface area contributed by atoms with E-state index in [1.807, 2.05) is 4.90 Å². The summed E-state index contributed by atoms with van der Waals surface area (Å²) in [6, 6.07) is 0.323. The summed E-state index contributed by atoms with van der Waals surface area (Å²) in [5.41, 5.74) is 0.420. The summed E-state index contributed by atoms with van der Waals surface area (Å²) in [4.78, 5) is 17.9. The molecule has 0 aromatic carbocycles. The van der Waals surface area contributed by atoms with Crippen molar-refractivity contribution in [2.75, 3.05) is 6.54 Å². The lowest BCUT2D eigenvalue weighted by molar-refractivity contribution is 0.0724. The standard InChI is InChI=1S/C12H18N2O2/c1-3-4-10-5-6-14(9(10)2)12(15)11-7-16-8-13-11/h7-10H,3-6H2,1-2H3. The van der Waals surface area contributed by atoms with E-state index in [1.165, 1.54) is 25.5 Å². The predicted octanol–water partition coefficient (Wildman–Crippen LogP) is 2.33. The van der Waals surface area contributed by atoms with Gasteiger partial charge in [-0.3, -0.25) is 4.79 Å². The van der Waals surface area contributed by atoms with Crippen LogP contribution in [0.15, 0.2) is 17.1 Å². The molecule has 1 aromatic heterocycles. The number of hydrogen-bond donors (Lipinski definition) is 0. The summed E-state index contributed by atoms with van der Waals surface area (Å²) in [7, 11) is 0. The maximum Gasteiger partial charge on any atom is 0.276 e. The van der Waals surface area contributed by atoms with Gasteiger partial charge in [-0.05, 0) is 25.7 Å². The molecule has 4 heteroatoms. The summed E-state index contributed by atoms with van der Waals surface area (Å²) in [6.45, 7) is 5.16. The molecule has 1 aliphatic heterocycles. The Morgan fingerprint density at radius 2 is 2.50 bits per heavy atom. The van der Waals surface area contributed by atoms with Crippen molar-refractivity contribution in [1.29, 1.82) is 0 Å². The van der Waals surface area contributed by atoms with Gasteiger partial charge >= 0.3 is 0 Å². The fourth-order valence-corrected chi connectivity index (χ4v) is 2.51. The highest BCUT2D eigenvalue weighted by Gasteiger charge is 2.34. The van der Waals surface area contributed by atoms with Gasteiger partial charge in [-0.15, -0.1) is 0 Å². The topological polar surface area (TPSA) is 46.3 Å². The van der Waals surface area contributed by atoms with Crippen LogP contribution in [0.3, 0.4) is 0 Å². The fraction of sp³-hybridized carbons (Fsp3) is 0.667. The van der Waals surface area contributed by atoms with Crippen LogP contribution in [0.4, 0.5) is 0 Å². The first kappa shape index (κ1) is 11.2. The Morgan fingerprint density at radius 1 is 1.69 bits per heavy atom. The summed E-state index contributed by atoms with van der Waals surface area (Å²) in [6.07, 6.45) is 6.21. The van der Waals surface area contributed by atoms with Crippen LogP contribution in [0, 0.1) is 5.92 Å². The third-order valence-corrected chi connectivity index (χ3v) is 3.49. The molecule has 2 atom stereocenters. The van der Waals surface area contributed by atoms with Crippen LogP contribution < -0.4 is 0 Å². The fourth-order valence-electron chi connectivity index (χ4n) is 2.51. The molecule has 16 heavy (non-hydrogen) atoms. The summed E-state index contributed by atoms with van der Waals surface area (Å²) >= 11 is 0. The van der Waals surface area contributed by atoms with Gasteiger partial charge in [0.2, 0.25) is 0 Å². The first-order chi connectivity index (χ1) is 7.74. The first-order valence-electron chi connectivity index (χ1n) is 5.93. The lowest BCUT2D eigenvalue weighted by atomic mass is 9.96. The van der Waals surface area contributed by atoms with Crippen molar-refractivity contribution < 1.29 is 9.21 Å². The van der Waals surface area contributed by atoms with Gasteiger partial charge in [0.1, 0.15) is 6.26 Å². The van der Waals surface area contributed by atoms with Gasteiger partial charge in [-0.1, -0.05) is 13.3 Å². The number of carbonyl (C=O) groups excluding carboxylic acids is 1. The Bertz CT molecular complexity index is 348. The van der Waals surface area contributed by atoms with Gasteiger partial charge < -0.3 is 9.32 Å². The second kappa shape index (κ2) is 4.68. The number of nitrogens with zero attached hydrogens (tertiary/aromatic N) is 2. The molecule has 0 aliphatic carbocycles. The van der Waals surface area contributed by atoms with Crippen molar-refractivity contribution in [2.45, 2.75) is 39.2 Å². The minimum atomic E-state index is -0.000136. The van der Waals surface area contributed by atoms with Crippen LogP contribution in [0.25, 0.3) is 0 Å². The molecule has 1 amide bonds. The molecule has 0 bridgehead atoms. The highest BCUT2D eigenvalue weighted by Crippen LogP contribution is 2.28. The molecule has 2 unspecified atom stereocenters. The Kier molecular flexibility index (Phi) is 3.27. The SMILES string of the molecule is CCCC1CCN(C(=O)c2cocn2)C1C. The number of aromatic nitrogens is 1. The zero-order chi connectivity index (χ0) is 11.5. The molecular weight excluding hydrogens is 204 g/mol. The maximum absolute atomic E-state index is 12.1. The van der Waals surface area contributed by atoms with E-state index in [9.17, 15) is 4.79 Å². The minimum Gasteiger partial charge on any atom is -0.451 e. The number of rotatable bonds is 3. The van der Waals surface area contributed by atoms with Gasteiger partial charge in [0.15, 0.2) is 12.1 Å². The molecule has 0 saturated carbocycles. The van der Waals surface area contributed by atoms with Crippen molar-refractivity contribution in [3.05, 3.63) is 18.4 Å². The molecule has 2 heterocycles. The van der Waals surface area contributed by atoms with Gasteiger partial charge in [0.05, 0.1) is 0 Å². The third-order valence-electron chi connectivity index (χ3n) is 3.49. The zero-order valence-electron chi connectivity index (χ0n) is 9.85. The molecule has 2 rings (SSSR count). The van der Waals surface area contributed by atoms with Crippen molar-refractivity contribution in [3.63, 3.8) is 0 Å². The van der Waals surface area contributed by atoms with E-state index in [0.29, 0.717) is 17.7 Å². The van der Waals surface area contributed by atoms with E-state index in [4.69, 9.17) is 4.42 Å². The largest absolute Gasteiger partial charge is 0.451 e. The lowest BCUT2D eigenvalue weighted by Gasteiger charge is -2.23. The molecule has 1 saturated heterocycles. The first-order valence-corrected chi connectivity index (χ1v) is 5.93. The number of carbonyl (C=O) groups is 1. The minimum absolute atomic E-state index is 0.000136. The van der Waals surface area contributed by atoms with Gasteiger partial charge in [-0.25, -0.2) is 4.98 Å². The Hall–Kier alpha value is -1.32. The van der Waals surface area contributed by atoms with Crippen molar-refractivity contribution in [1.82, 2.24) is 9.88 Å². The van der Waals surface area contributed by atoms with E-state index in [0.717, 1.165) is 13.0 Å². The van der Waals surface area contributed by atoms with Crippen LogP contribution in [-0.2, 0) is 0 Å². The van der Waals surface area contributed by atoms with E-state index in [1.54, 1.807) is 0 Å². The van der Waals surface area contributed by atoms with Crippen LogP contribution >= 0.6 is 0 Å². The van der Waals surface area contributed by atoms with E-state index in [-0.39, 0.29) is 5.91 Å². The van der Waals surface area contributed by atoms with Crippen LogP contribution in [0.1, 0.15) is 43.6 Å². The van der Waals surface area contributed by atoms with Gasteiger partial charge in [-0.2, -0.15) is 0 Å². The van der Waals surface area contributed by atoms with E-state index in [2.05, 4.69) is 18.8 Å². The van der Waals surface area contributed by atoms with Crippen molar-refractivity contribution in [3.8, 4) is 0 Å². The third kappa shape index (κ3) is 1.96. The molecule has 1 aliphatic rings. The maximum atomic E-state index is 12.1. The molecule has 0 N–H and O–H groups in total. The van der Waals surface area contributed by atoms with Crippen LogP contribution in [0.2, 0.25) is 0 Å². The van der Waals surface area contributed by atoms with Gasteiger partial charge in [0, 0.05) is 12.6 Å². The van der Waals surface area contributed by atoms with Crippen LogP contribution in [0.5, 0.6) is 0 Å². The Morgan fingerprint density at radius 3 is 3.12 bits per heavy atom. The number of amides is 1. The number of oxazole rings is 1. The summed E-state index contributed by atoms with van der Waals surface area (Å²) < 4.78 is 4.85. The second-order valence-corrected chi connectivity index (χ2v) is 4.45. The van der Waals surface area contributed by atoms with E-state index < -0.39 is 0 Å². The molecule has 0 radical (unpaired) electrons. The van der Waals surface area contributed by atoms with Gasteiger partial charge in [0.25, 0.3) is 5.91 Å². The summed E-state index contributed by atoms with van der Waals surface area (Å²) in [5.74, 6) is 0.640. The second-order valence-electron chi connectivity index (χ2n) is 4.45. The number of hydrogen-bond acceptors (Lipinski definition) is 3. The highest BCUT2D eigenvalue weighted by molar-refractivity contribution is 5.92. The lowest BCUT2D eigenvalue weighted by Crippen LogP contribution is -2.36.